The van der Waals surface area contributed by atoms with Crippen LogP contribution in [0.1, 0.15) is 18.9 Å². The molecule has 1 aliphatic rings. The van der Waals surface area contributed by atoms with Crippen molar-refractivity contribution in [2.75, 3.05) is 51.2 Å². The highest BCUT2D eigenvalue weighted by Gasteiger charge is 2.20. The fourth-order valence-corrected chi connectivity index (χ4v) is 5.44. The molecule has 0 radical (unpaired) electrons. The topological polar surface area (TPSA) is 73.5 Å². The molecule has 3 heterocycles. The fourth-order valence-electron chi connectivity index (χ4n) is 5.20. The highest BCUT2D eigenvalue weighted by molar-refractivity contribution is 6.36. The van der Waals surface area contributed by atoms with Crippen molar-refractivity contribution in [3.05, 3.63) is 78.0 Å². The van der Waals surface area contributed by atoms with Crippen LogP contribution in [0.4, 0.5) is 5.69 Å². The second-order valence-corrected chi connectivity index (χ2v) is 10.5. The molecule has 2 N–H and O–H groups in total. The van der Waals surface area contributed by atoms with Gasteiger partial charge in [0.05, 0.1) is 17.3 Å². The first-order chi connectivity index (χ1) is 19.5. The summed E-state index contributed by atoms with van der Waals surface area (Å²) in [6.45, 7) is 15.2. The Morgan fingerprint density at radius 2 is 1.82 bits per heavy atom. The Kier molecular flexibility index (Phi) is 8.85. The van der Waals surface area contributed by atoms with Gasteiger partial charge >= 0.3 is 0 Å². The summed E-state index contributed by atoms with van der Waals surface area (Å²) >= 11 is 6.69. The molecule has 4 aromatic rings. The number of halogens is 1. The number of carbonyl (C=O) groups is 1. The summed E-state index contributed by atoms with van der Waals surface area (Å²) in [5.74, 6) is 0.590. The molecule has 5 rings (SSSR count). The number of carbonyl (C=O) groups excluding carboxylic acids is 1. The van der Waals surface area contributed by atoms with Crippen molar-refractivity contribution in [2.24, 2.45) is 0 Å². The molecule has 1 fully saturated rings. The number of ether oxygens (including phenoxy) is 1. The molecule has 8 heteroatoms. The molecule has 0 spiro atoms. The van der Waals surface area contributed by atoms with E-state index < -0.39 is 0 Å². The quantitative estimate of drug-likeness (QED) is 0.175. The molecule has 208 valence electrons. The van der Waals surface area contributed by atoms with Crippen molar-refractivity contribution < 1.29 is 9.53 Å². The molecule has 0 unspecified atom stereocenters. The number of nitrogens with zero attached hydrogens (tertiary/aromatic N) is 3. The van der Waals surface area contributed by atoms with Crippen LogP contribution in [0.3, 0.4) is 0 Å². The third-order valence-electron chi connectivity index (χ3n) is 7.56. The summed E-state index contributed by atoms with van der Waals surface area (Å²) in [6, 6.07) is 15.9. The van der Waals surface area contributed by atoms with E-state index in [-0.39, 0.29) is 5.91 Å². The molecule has 1 saturated heterocycles. The minimum Gasteiger partial charge on any atom is -0.494 e. The molecule has 40 heavy (non-hydrogen) atoms. The molecule has 2 aromatic carbocycles. The number of aromatic nitrogens is 2. The second-order valence-electron chi connectivity index (χ2n) is 10.1. The number of benzene rings is 2. The van der Waals surface area contributed by atoms with Crippen molar-refractivity contribution >= 4 is 34.2 Å². The number of aromatic amines is 1. The number of hydrogen-bond acceptors (Lipinski definition) is 5. The first kappa shape index (κ1) is 27.9. The van der Waals surface area contributed by atoms with Gasteiger partial charge in [-0.15, -0.1) is 0 Å². The van der Waals surface area contributed by atoms with Gasteiger partial charge in [0.25, 0.3) is 0 Å². The Bertz CT molecular complexity index is 1490. The normalized spacial score (nSPS) is 14.4. The predicted molar refractivity (Wildman–Crippen MR) is 164 cm³/mol. The van der Waals surface area contributed by atoms with Crippen LogP contribution in [0.25, 0.3) is 33.4 Å². The lowest BCUT2D eigenvalue weighted by atomic mass is 9.97. The average Bonchev–Trinajstić information content (AvgIpc) is 3.38. The zero-order valence-corrected chi connectivity index (χ0v) is 23.9. The van der Waals surface area contributed by atoms with Gasteiger partial charge in [0.1, 0.15) is 11.4 Å². The van der Waals surface area contributed by atoms with Crippen LogP contribution in [-0.2, 0) is 4.79 Å². The van der Waals surface area contributed by atoms with Gasteiger partial charge in [0.2, 0.25) is 5.91 Å². The van der Waals surface area contributed by atoms with E-state index >= 15 is 0 Å². The maximum Gasteiger partial charge on any atom is 0.247 e. The molecule has 0 bridgehead atoms. The minimum atomic E-state index is -0.256. The molecule has 0 saturated carbocycles. The lowest BCUT2D eigenvalue weighted by Gasteiger charge is -2.33. The number of fused-ring (bicyclic) bond motifs is 1. The molecular weight excluding hydrogens is 522 g/mol. The monoisotopic (exact) mass is 557 g/mol. The summed E-state index contributed by atoms with van der Waals surface area (Å²) in [6.07, 6.45) is 3.96. The SMILES string of the molecule is C=CC(=O)Nc1cc(-c2c(-c3ccc(OCCCN4CCN(CC)CC4)cc3)[nH]c3nccc(Cl)c23)ccc1C. The molecule has 0 atom stereocenters. The highest BCUT2D eigenvalue weighted by atomic mass is 35.5. The van der Waals surface area contributed by atoms with Gasteiger partial charge in [-0.2, -0.15) is 0 Å². The Hall–Kier alpha value is -3.65. The van der Waals surface area contributed by atoms with Crippen molar-refractivity contribution in [3.8, 4) is 28.1 Å². The summed E-state index contributed by atoms with van der Waals surface area (Å²) < 4.78 is 6.07. The fraction of sp³-hybridized carbons (Fsp3) is 0.312. The largest absolute Gasteiger partial charge is 0.494 e. The molecule has 2 aromatic heterocycles. The van der Waals surface area contributed by atoms with Crippen molar-refractivity contribution in [1.29, 1.82) is 0 Å². The smallest absolute Gasteiger partial charge is 0.247 e. The second kappa shape index (κ2) is 12.7. The number of aryl methyl sites for hydroxylation is 1. The van der Waals surface area contributed by atoms with Crippen LogP contribution in [0.15, 0.2) is 67.4 Å². The van der Waals surface area contributed by atoms with Gasteiger partial charge in [0, 0.05) is 55.6 Å². The van der Waals surface area contributed by atoms with E-state index in [9.17, 15) is 4.79 Å². The zero-order chi connectivity index (χ0) is 28.1. The summed E-state index contributed by atoms with van der Waals surface area (Å²) in [5.41, 5.74) is 6.11. The maximum absolute atomic E-state index is 12.0. The molecule has 1 amide bonds. The van der Waals surface area contributed by atoms with Crippen LogP contribution in [0.5, 0.6) is 5.75 Å². The Morgan fingerprint density at radius 3 is 2.55 bits per heavy atom. The first-order valence-corrected chi connectivity index (χ1v) is 14.2. The van der Waals surface area contributed by atoms with Crippen molar-refractivity contribution in [1.82, 2.24) is 19.8 Å². The van der Waals surface area contributed by atoms with Gasteiger partial charge in [0.15, 0.2) is 0 Å². The molecule has 1 aliphatic heterocycles. The van der Waals surface area contributed by atoms with E-state index in [0.717, 1.165) is 90.5 Å². The number of likely N-dealkylation sites (N-methyl/N-ethyl adjacent to an activating group) is 1. The number of piperazine rings is 1. The average molecular weight is 558 g/mol. The van der Waals surface area contributed by atoms with Crippen LogP contribution in [0.2, 0.25) is 5.02 Å². The van der Waals surface area contributed by atoms with Gasteiger partial charge in [-0.05, 0) is 79.1 Å². The Morgan fingerprint density at radius 1 is 1.10 bits per heavy atom. The van der Waals surface area contributed by atoms with E-state index in [4.69, 9.17) is 16.3 Å². The van der Waals surface area contributed by atoms with Gasteiger partial charge in [-0.25, -0.2) is 4.98 Å². The van der Waals surface area contributed by atoms with Crippen LogP contribution >= 0.6 is 11.6 Å². The van der Waals surface area contributed by atoms with Crippen LogP contribution in [-0.4, -0.2) is 71.6 Å². The zero-order valence-electron chi connectivity index (χ0n) is 23.2. The number of pyridine rings is 1. The molecule has 0 aliphatic carbocycles. The number of hydrogen-bond donors (Lipinski definition) is 2. The first-order valence-electron chi connectivity index (χ1n) is 13.9. The van der Waals surface area contributed by atoms with E-state index in [1.54, 1.807) is 12.3 Å². The number of amides is 1. The van der Waals surface area contributed by atoms with E-state index in [2.05, 4.69) is 50.7 Å². The van der Waals surface area contributed by atoms with E-state index in [1.807, 2.05) is 37.3 Å². The van der Waals surface area contributed by atoms with Crippen LogP contribution < -0.4 is 10.1 Å². The number of rotatable bonds is 10. The number of H-pyrrole nitrogens is 1. The van der Waals surface area contributed by atoms with Gasteiger partial charge < -0.3 is 24.8 Å². The van der Waals surface area contributed by atoms with E-state index in [1.165, 1.54) is 6.08 Å². The van der Waals surface area contributed by atoms with E-state index in [0.29, 0.717) is 17.3 Å². The summed E-state index contributed by atoms with van der Waals surface area (Å²) in [5, 5.41) is 4.35. The van der Waals surface area contributed by atoms with Crippen LogP contribution in [0, 0.1) is 6.92 Å². The number of anilines is 1. The lowest BCUT2D eigenvalue weighted by molar-refractivity contribution is -0.111. The maximum atomic E-state index is 12.0. The standard InChI is InChI=1S/C32H36ClN5O2/c1-4-28(39)35-27-21-24(8-7-22(27)3)29-30-26(33)13-14-34-32(30)36-31(29)23-9-11-25(12-10-23)40-20-6-15-38-18-16-37(5-2)17-19-38/h4,7-14,21H,1,5-6,15-20H2,2-3H3,(H,34,36)(H,35,39). The Balaban J connectivity index is 1.35. The summed E-state index contributed by atoms with van der Waals surface area (Å²) in [4.78, 5) is 25.1. The molecule has 7 nitrogen and oxygen atoms in total. The lowest BCUT2D eigenvalue weighted by Crippen LogP contribution is -2.46. The molecular formula is C32H36ClN5O2. The van der Waals surface area contributed by atoms with Crippen molar-refractivity contribution in [2.45, 2.75) is 20.3 Å². The predicted octanol–water partition coefficient (Wildman–Crippen LogP) is 6.39. The third kappa shape index (κ3) is 6.22. The number of nitrogens with one attached hydrogen (secondary N) is 2. The van der Waals surface area contributed by atoms with Gasteiger partial charge in [-0.3, -0.25) is 4.79 Å². The third-order valence-corrected chi connectivity index (χ3v) is 7.87. The Labute approximate surface area is 240 Å². The van der Waals surface area contributed by atoms with Gasteiger partial charge in [-0.1, -0.05) is 37.2 Å². The highest BCUT2D eigenvalue weighted by Crippen LogP contribution is 2.42. The minimum absolute atomic E-state index is 0.256. The summed E-state index contributed by atoms with van der Waals surface area (Å²) in [7, 11) is 0. The van der Waals surface area contributed by atoms with Crippen molar-refractivity contribution in [3.63, 3.8) is 0 Å².